The van der Waals surface area contributed by atoms with E-state index in [0.717, 1.165) is 32.1 Å². The van der Waals surface area contributed by atoms with Gasteiger partial charge < -0.3 is 4.74 Å². The van der Waals surface area contributed by atoms with Gasteiger partial charge in [0.05, 0.1) is 0 Å². The molecule has 0 rings (SSSR count). The summed E-state index contributed by atoms with van der Waals surface area (Å²) in [5.74, 6) is -0.905. The molecular formula is C28H52O3. The predicted octanol–water partition coefficient (Wildman–Crippen LogP) is 9.23. The number of carbonyl (C=O) groups excluding carboxylic acids is 2. The van der Waals surface area contributed by atoms with Gasteiger partial charge in [0, 0.05) is 12.5 Å². The van der Waals surface area contributed by atoms with Crippen molar-refractivity contribution >= 4 is 11.9 Å². The van der Waals surface area contributed by atoms with Gasteiger partial charge >= 0.3 is 11.9 Å². The number of rotatable bonds is 23. The first-order chi connectivity index (χ1) is 15.2. The minimum atomic E-state index is -0.514. The van der Waals surface area contributed by atoms with Gasteiger partial charge in [-0.1, -0.05) is 135 Å². The second-order valence-corrected chi connectivity index (χ2v) is 9.10. The molecule has 0 saturated carbocycles. The molecule has 0 bridgehead atoms. The van der Waals surface area contributed by atoms with Crippen LogP contribution < -0.4 is 0 Å². The summed E-state index contributed by atoms with van der Waals surface area (Å²) < 4.78 is 4.82. The smallest absolute Gasteiger partial charge is 0.338 e. The SMILES string of the molecule is CCCCCCCCCCCCCCCCCC=CC(=O)OC(=O)CCCCCCC. The van der Waals surface area contributed by atoms with Crippen LogP contribution in [0.15, 0.2) is 12.2 Å². The van der Waals surface area contributed by atoms with Gasteiger partial charge in [0.1, 0.15) is 0 Å². The largest absolute Gasteiger partial charge is 0.390 e. The van der Waals surface area contributed by atoms with Crippen molar-refractivity contribution in [3.05, 3.63) is 12.2 Å². The molecule has 0 fully saturated rings. The van der Waals surface area contributed by atoms with Gasteiger partial charge in [0.25, 0.3) is 0 Å². The number of unbranched alkanes of at least 4 members (excludes halogenated alkanes) is 19. The van der Waals surface area contributed by atoms with Crippen molar-refractivity contribution in [2.45, 2.75) is 155 Å². The van der Waals surface area contributed by atoms with Crippen molar-refractivity contribution in [2.24, 2.45) is 0 Å². The first-order valence-corrected chi connectivity index (χ1v) is 13.6. The van der Waals surface area contributed by atoms with Crippen LogP contribution in [0.1, 0.15) is 155 Å². The fourth-order valence-corrected chi connectivity index (χ4v) is 3.88. The van der Waals surface area contributed by atoms with Crippen molar-refractivity contribution in [1.82, 2.24) is 0 Å². The highest BCUT2D eigenvalue weighted by molar-refractivity contribution is 5.91. The zero-order valence-electron chi connectivity index (χ0n) is 20.9. The van der Waals surface area contributed by atoms with E-state index in [1.165, 1.54) is 109 Å². The molecule has 0 N–H and O–H groups in total. The molecule has 0 saturated heterocycles. The van der Waals surface area contributed by atoms with Crippen LogP contribution in [-0.4, -0.2) is 11.9 Å². The molecule has 0 amide bonds. The van der Waals surface area contributed by atoms with E-state index in [-0.39, 0.29) is 0 Å². The number of carbonyl (C=O) groups is 2. The van der Waals surface area contributed by atoms with Gasteiger partial charge in [-0.15, -0.1) is 0 Å². The normalized spacial score (nSPS) is 11.3. The summed E-state index contributed by atoms with van der Waals surface area (Å²) in [6.07, 6.45) is 30.3. The fourth-order valence-electron chi connectivity index (χ4n) is 3.88. The lowest BCUT2D eigenvalue weighted by molar-refractivity contribution is -0.156. The average Bonchev–Trinajstić information content (AvgIpc) is 2.75. The van der Waals surface area contributed by atoms with Crippen LogP contribution in [0.2, 0.25) is 0 Å². The molecule has 0 aliphatic rings. The predicted molar refractivity (Wildman–Crippen MR) is 133 cm³/mol. The van der Waals surface area contributed by atoms with E-state index < -0.39 is 11.9 Å². The highest BCUT2D eigenvalue weighted by Gasteiger charge is 2.06. The Morgan fingerprint density at radius 1 is 0.548 bits per heavy atom. The molecule has 0 unspecified atom stereocenters. The molecule has 0 aromatic heterocycles. The van der Waals surface area contributed by atoms with E-state index in [2.05, 4.69) is 13.8 Å². The highest BCUT2D eigenvalue weighted by Crippen LogP contribution is 2.14. The molecule has 182 valence electrons. The second-order valence-electron chi connectivity index (χ2n) is 9.10. The van der Waals surface area contributed by atoms with Crippen LogP contribution in [0.4, 0.5) is 0 Å². The topological polar surface area (TPSA) is 43.4 Å². The van der Waals surface area contributed by atoms with Gasteiger partial charge in [-0.3, -0.25) is 4.79 Å². The monoisotopic (exact) mass is 436 g/mol. The number of esters is 2. The number of hydrogen-bond donors (Lipinski definition) is 0. The zero-order chi connectivity index (χ0) is 22.8. The number of allylic oxidation sites excluding steroid dienone is 1. The summed E-state index contributed by atoms with van der Waals surface area (Å²) >= 11 is 0. The van der Waals surface area contributed by atoms with Crippen molar-refractivity contribution in [3.63, 3.8) is 0 Å². The minimum absolute atomic E-state index is 0.350. The van der Waals surface area contributed by atoms with Crippen LogP contribution in [0.5, 0.6) is 0 Å². The molecule has 0 atom stereocenters. The molecule has 0 aliphatic carbocycles. The zero-order valence-corrected chi connectivity index (χ0v) is 20.9. The lowest BCUT2D eigenvalue weighted by Gasteiger charge is -2.03. The lowest BCUT2D eigenvalue weighted by atomic mass is 10.0. The second kappa shape index (κ2) is 25.1. The maximum absolute atomic E-state index is 11.6. The minimum Gasteiger partial charge on any atom is -0.390 e. The first-order valence-electron chi connectivity index (χ1n) is 13.6. The third-order valence-electron chi connectivity index (χ3n) is 5.93. The van der Waals surface area contributed by atoms with E-state index in [0.29, 0.717) is 6.42 Å². The van der Waals surface area contributed by atoms with Crippen molar-refractivity contribution in [2.75, 3.05) is 0 Å². The third kappa shape index (κ3) is 25.0. The summed E-state index contributed by atoms with van der Waals surface area (Å²) in [4.78, 5) is 23.2. The van der Waals surface area contributed by atoms with Crippen molar-refractivity contribution in [3.8, 4) is 0 Å². The third-order valence-corrected chi connectivity index (χ3v) is 5.93. The molecule has 0 aromatic rings. The molecule has 0 aromatic carbocycles. The summed E-state index contributed by atoms with van der Waals surface area (Å²) in [5.41, 5.74) is 0. The summed E-state index contributed by atoms with van der Waals surface area (Å²) in [6, 6.07) is 0. The summed E-state index contributed by atoms with van der Waals surface area (Å²) in [7, 11) is 0. The lowest BCUT2D eigenvalue weighted by Crippen LogP contribution is -2.09. The van der Waals surface area contributed by atoms with Crippen molar-refractivity contribution < 1.29 is 14.3 Å². The molecule has 3 heteroatoms. The van der Waals surface area contributed by atoms with Crippen LogP contribution in [0, 0.1) is 0 Å². The fraction of sp³-hybridized carbons (Fsp3) is 0.857. The van der Waals surface area contributed by atoms with Gasteiger partial charge in [-0.25, -0.2) is 4.79 Å². The van der Waals surface area contributed by atoms with Gasteiger partial charge in [0.15, 0.2) is 0 Å². The number of hydrogen-bond acceptors (Lipinski definition) is 3. The van der Waals surface area contributed by atoms with Gasteiger partial charge in [-0.05, 0) is 19.3 Å². The summed E-state index contributed by atoms with van der Waals surface area (Å²) in [6.45, 7) is 4.44. The molecular weight excluding hydrogens is 384 g/mol. The molecule has 31 heavy (non-hydrogen) atoms. The molecule has 0 radical (unpaired) electrons. The molecule has 0 aliphatic heterocycles. The molecule has 0 heterocycles. The Morgan fingerprint density at radius 3 is 1.39 bits per heavy atom. The van der Waals surface area contributed by atoms with Crippen LogP contribution in [-0.2, 0) is 14.3 Å². The van der Waals surface area contributed by atoms with E-state index >= 15 is 0 Å². The first kappa shape index (κ1) is 29.9. The standard InChI is InChI=1S/C28H52O3/c1-3-5-7-9-10-11-12-13-14-15-16-17-18-19-20-22-24-26-28(30)31-27(29)25-23-21-8-6-4-2/h24,26H,3-23,25H2,1-2H3. The highest BCUT2D eigenvalue weighted by atomic mass is 16.6. The number of ether oxygens (including phenoxy) is 1. The maximum atomic E-state index is 11.6. The van der Waals surface area contributed by atoms with E-state index in [9.17, 15) is 9.59 Å². The quantitative estimate of drug-likeness (QED) is 0.0693. The van der Waals surface area contributed by atoms with Gasteiger partial charge in [-0.2, -0.15) is 0 Å². The maximum Gasteiger partial charge on any atom is 0.338 e. The van der Waals surface area contributed by atoms with Gasteiger partial charge in [0.2, 0.25) is 0 Å². The Hall–Kier alpha value is -1.12. The molecule has 0 spiro atoms. The van der Waals surface area contributed by atoms with Crippen molar-refractivity contribution in [1.29, 1.82) is 0 Å². The average molecular weight is 437 g/mol. The Balaban J connectivity index is 3.32. The molecule has 3 nitrogen and oxygen atoms in total. The Kier molecular flexibility index (Phi) is 24.2. The Morgan fingerprint density at radius 2 is 0.935 bits per heavy atom. The van der Waals surface area contributed by atoms with E-state index in [1.807, 2.05) is 6.08 Å². The van der Waals surface area contributed by atoms with Crippen LogP contribution in [0.25, 0.3) is 0 Å². The Labute approximate surface area is 193 Å². The van der Waals surface area contributed by atoms with E-state index in [1.54, 1.807) is 0 Å². The Bertz CT molecular complexity index is 428. The van der Waals surface area contributed by atoms with Crippen LogP contribution >= 0.6 is 0 Å². The van der Waals surface area contributed by atoms with E-state index in [4.69, 9.17) is 4.74 Å². The summed E-state index contributed by atoms with van der Waals surface area (Å²) in [5, 5.41) is 0. The van der Waals surface area contributed by atoms with Crippen LogP contribution in [0.3, 0.4) is 0 Å².